The number of ether oxygens (including phenoxy) is 1. The number of benzene rings is 3. The van der Waals surface area contributed by atoms with E-state index in [4.69, 9.17) is 14.9 Å². The summed E-state index contributed by atoms with van der Waals surface area (Å²) in [6.45, 7) is 2.00. The number of alkyl carbamates (subject to hydrolysis) is 1. The van der Waals surface area contributed by atoms with E-state index in [1.165, 1.54) is 11.8 Å². The number of hydrogen-bond donors (Lipinski definition) is 4. The van der Waals surface area contributed by atoms with Crippen molar-refractivity contribution in [2.45, 2.75) is 26.0 Å². The number of nitrogen functional groups attached to an aromatic ring is 1. The highest BCUT2D eigenvalue weighted by atomic mass is 16.5. The van der Waals surface area contributed by atoms with Gasteiger partial charge < -0.3 is 35.7 Å². The molecule has 11 heteroatoms. The number of furan rings is 1. The van der Waals surface area contributed by atoms with Crippen LogP contribution in [0.3, 0.4) is 0 Å². The molecule has 4 aromatic rings. The number of nitrogens with zero attached hydrogens (tertiary/aromatic N) is 1. The van der Waals surface area contributed by atoms with Crippen molar-refractivity contribution in [2.75, 3.05) is 31.2 Å². The Hall–Kier alpha value is -5.58. The van der Waals surface area contributed by atoms with Crippen molar-refractivity contribution in [3.63, 3.8) is 0 Å². The second-order valence-electron chi connectivity index (χ2n) is 10.1. The molecule has 0 radical (unpaired) electrons. The molecular formula is C33H35N5O6. The number of anilines is 2. The van der Waals surface area contributed by atoms with Crippen molar-refractivity contribution in [3.05, 3.63) is 108 Å². The van der Waals surface area contributed by atoms with Gasteiger partial charge >= 0.3 is 6.09 Å². The first-order chi connectivity index (χ1) is 21.2. The zero-order valence-electron chi connectivity index (χ0n) is 24.5. The van der Waals surface area contributed by atoms with Crippen molar-refractivity contribution in [2.24, 2.45) is 0 Å². The third kappa shape index (κ3) is 8.96. The van der Waals surface area contributed by atoms with Crippen LogP contribution in [-0.2, 0) is 27.4 Å². The molecule has 0 bridgehead atoms. The highest BCUT2D eigenvalue weighted by Gasteiger charge is 2.22. The van der Waals surface area contributed by atoms with Crippen LogP contribution in [0.1, 0.15) is 28.4 Å². The fraction of sp³-hybridized carbons (Fsp3) is 0.212. The van der Waals surface area contributed by atoms with E-state index in [0.29, 0.717) is 34.8 Å². The van der Waals surface area contributed by atoms with Crippen LogP contribution in [0.4, 0.5) is 16.2 Å². The predicted molar refractivity (Wildman–Crippen MR) is 167 cm³/mol. The number of likely N-dealkylation sites (N-methyl/N-ethyl adjacent to an activating group) is 1. The quantitative estimate of drug-likeness (QED) is 0.178. The molecule has 0 aliphatic heterocycles. The molecule has 4 rings (SSSR count). The van der Waals surface area contributed by atoms with E-state index >= 15 is 0 Å². The minimum absolute atomic E-state index is 0.0448. The van der Waals surface area contributed by atoms with Gasteiger partial charge in [-0.05, 0) is 53.6 Å². The summed E-state index contributed by atoms with van der Waals surface area (Å²) >= 11 is 0. The maximum Gasteiger partial charge on any atom is 0.408 e. The van der Waals surface area contributed by atoms with Gasteiger partial charge in [0.15, 0.2) is 0 Å². The Morgan fingerprint density at radius 2 is 1.68 bits per heavy atom. The normalized spacial score (nSPS) is 11.2. The van der Waals surface area contributed by atoms with Gasteiger partial charge in [0.05, 0.1) is 17.6 Å². The van der Waals surface area contributed by atoms with Crippen molar-refractivity contribution < 1.29 is 28.3 Å². The van der Waals surface area contributed by atoms with Crippen LogP contribution in [0.2, 0.25) is 0 Å². The molecule has 0 unspecified atom stereocenters. The third-order valence-corrected chi connectivity index (χ3v) is 6.87. The minimum Gasteiger partial charge on any atom is -0.464 e. The van der Waals surface area contributed by atoms with Gasteiger partial charge in [-0.25, -0.2) is 4.79 Å². The Balaban J connectivity index is 1.40. The van der Waals surface area contributed by atoms with E-state index < -0.39 is 18.0 Å². The molecule has 0 saturated heterocycles. The maximum atomic E-state index is 13.1. The molecule has 0 aliphatic carbocycles. The molecule has 11 nitrogen and oxygen atoms in total. The molecule has 3 aromatic carbocycles. The molecule has 44 heavy (non-hydrogen) atoms. The molecule has 1 atom stereocenters. The number of amides is 4. The summed E-state index contributed by atoms with van der Waals surface area (Å²) in [6, 6.07) is 23.7. The summed E-state index contributed by atoms with van der Waals surface area (Å²) in [5.74, 6) is -0.291. The average Bonchev–Trinajstić information content (AvgIpc) is 3.57. The zero-order chi connectivity index (χ0) is 31.5. The van der Waals surface area contributed by atoms with Crippen LogP contribution in [0, 0.1) is 0 Å². The number of carbonyl (C=O) groups excluding carboxylic acids is 4. The summed E-state index contributed by atoms with van der Waals surface area (Å²) in [5.41, 5.74) is 9.58. The van der Waals surface area contributed by atoms with Crippen molar-refractivity contribution in [1.29, 1.82) is 0 Å². The summed E-state index contributed by atoms with van der Waals surface area (Å²) in [5, 5.41) is 8.22. The molecule has 4 amide bonds. The van der Waals surface area contributed by atoms with E-state index in [0.717, 1.165) is 11.1 Å². The highest BCUT2D eigenvalue weighted by molar-refractivity contribution is 6.06. The highest BCUT2D eigenvalue weighted by Crippen LogP contribution is 2.28. The molecule has 0 fully saturated rings. The first-order valence-corrected chi connectivity index (χ1v) is 14.0. The number of nitrogens with two attached hydrogens (primary N) is 1. The smallest absolute Gasteiger partial charge is 0.408 e. The second kappa shape index (κ2) is 15.1. The lowest BCUT2D eigenvalue weighted by molar-refractivity contribution is -0.128. The van der Waals surface area contributed by atoms with Gasteiger partial charge in [0.2, 0.25) is 11.8 Å². The van der Waals surface area contributed by atoms with E-state index in [9.17, 15) is 19.2 Å². The summed E-state index contributed by atoms with van der Waals surface area (Å²) in [7, 11) is 1.63. The fourth-order valence-corrected chi connectivity index (χ4v) is 4.23. The Kier molecular flexibility index (Phi) is 10.7. The largest absolute Gasteiger partial charge is 0.464 e. The van der Waals surface area contributed by atoms with Crippen LogP contribution in [0.25, 0.3) is 11.3 Å². The lowest BCUT2D eigenvalue weighted by Gasteiger charge is -2.20. The van der Waals surface area contributed by atoms with Crippen LogP contribution >= 0.6 is 0 Å². The molecule has 1 heterocycles. The Morgan fingerprint density at radius 3 is 2.36 bits per heavy atom. The SMILES string of the molecule is CC(=O)N(C)CCNC(=O)[C@H](Cc1ccc(C(=O)Nc2cc(-c3ccco3)ccc2N)cc1)NC(=O)OCc1ccccc1. The van der Waals surface area contributed by atoms with Gasteiger partial charge in [0, 0.05) is 44.6 Å². The van der Waals surface area contributed by atoms with Crippen molar-refractivity contribution in [3.8, 4) is 11.3 Å². The van der Waals surface area contributed by atoms with E-state index in [1.54, 1.807) is 61.8 Å². The molecule has 5 N–H and O–H groups in total. The summed E-state index contributed by atoms with van der Waals surface area (Å²) in [6.07, 6.45) is 0.950. The van der Waals surface area contributed by atoms with Crippen LogP contribution < -0.4 is 21.7 Å². The monoisotopic (exact) mass is 597 g/mol. The number of hydrogen-bond acceptors (Lipinski definition) is 7. The van der Waals surface area contributed by atoms with Gasteiger partial charge in [-0.1, -0.05) is 42.5 Å². The van der Waals surface area contributed by atoms with Crippen molar-refractivity contribution in [1.82, 2.24) is 15.5 Å². The molecule has 1 aromatic heterocycles. The third-order valence-electron chi connectivity index (χ3n) is 6.87. The zero-order valence-corrected chi connectivity index (χ0v) is 24.5. The fourth-order valence-electron chi connectivity index (χ4n) is 4.23. The van der Waals surface area contributed by atoms with Gasteiger partial charge in [0.25, 0.3) is 5.91 Å². The van der Waals surface area contributed by atoms with E-state index in [1.807, 2.05) is 36.4 Å². The van der Waals surface area contributed by atoms with Gasteiger partial charge in [0.1, 0.15) is 18.4 Å². The van der Waals surface area contributed by atoms with E-state index in [-0.39, 0.29) is 31.4 Å². The average molecular weight is 598 g/mol. The lowest BCUT2D eigenvalue weighted by Crippen LogP contribution is -2.49. The summed E-state index contributed by atoms with van der Waals surface area (Å²) in [4.78, 5) is 51.6. The van der Waals surface area contributed by atoms with Crippen molar-refractivity contribution >= 4 is 35.2 Å². The number of rotatable bonds is 12. The van der Waals surface area contributed by atoms with Crippen LogP contribution in [0.15, 0.2) is 95.6 Å². The second-order valence-corrected chi connectivity index (χ2v) is 10.1. The standard InChI is InChI=1S/C33H35N5O6/c1-22(39)38(2)17-16-35-32(41)29(37-33(42)44-21-24-7-4-3-5-8-24)19-23-10-12-25(13-11-23)31(40)36-28-20-26(14-15-27(28)34)30-9-6-18-43-30/h3-15,18,20,29H,16-17,19,21,34H2,1-2H3,(H,35,41)(H,36,40)(H,37,42)/t29-/m0/s1. The van der Waals surface area contributed by atoms with Crippen LogP contribution in [0.5, 0.6) is 0 Å². The van der Waals surface area contributed by atoms with Crippen LogP contribution in [-0.4, -0.2) is 54.9 Å². The number of carbonyl (C=O) groups is 4. The molecular weight excluding hydrogens is 562 g/mol. The molecule has 0 aliphatic rings. The maximum absolute atomic E-state index is 13.1. The first kappa shape index (κ1) is 31.4. The Bertz CT molecular complexity index is 1570. The summed E-state index contributed by atoms with van der Waals surface area (Å²) < 4.78 is 10.8. The lowest BCUT2D eigenvalue weighted by atomic mass is 10.0. The Morgan fingerprint density at radius 1 is 0.932 bits per heavy atom. The molecule has 0 saturated carbocycles. The van der Waals surface area contributed by atoms with Gasteiger partial charge in [-0.3, -0.25) is 14.4 Å². The minimum atomic E-state index is -0.968. The predicted octanol–water partition coefficient (Wildman–Crippen LogP) is 4.21. The van der Waals surface area contributed by atoms with E-state index in [2.05, 4.69) is 16.0 Å². The topological polar surface area (TPSA) is 156 Å². The molecule has 228 valence electrons. The molecule has 0 spiro atoms. The Labute approximate surface area is 255 Å². The number of nitrogens with one attached hydrogen (secondary N) is 3. The van der Waals surface area contributed by atoms with Gasteiger partial charge in [-0.15, -0.1) is 0 Å². The van der Waals surface area contributed by atoms with Gasteiger partial charge in [-0.2, -0.15) is 0 Å². The first-order valence-electron chi connectivity index (χ1n) is 14.0.